The van der Waals surface area contributed by atoms with E-state index in [-0.39, 0.29) is 10.6 Å². The van der Waals surface area contributed by atoms with Crippen molar-refractivity contribution >= 4 is 37.1 Å². The maximum atomic E-state index is 12.7. The Labute approximate surface area is 180 Å². The van der Waals surface area contributed by atoms with Gasteiger partial charge in [0.25, 0.3) is 25.7 Å². The lowest BCUT2D eigenvalue weighted by Gasteiger charge is -2.12. The van der Waals surface area contributed by atoms with Crippen LogP contribution in [0.1, 0.15) is 11.1 Å². The van der Waals surface area contributed by atoms with E-state index >= 15 is 0 Å². The molecule has 0 bridgehead atoms. The van der Waals surface area contributed by atoms with E-state index in [9.17, 15) is 26.9 Å². The molecule has 0 heterocycles. The first-order chi connectivity index (χ1) is 14.5. The molecule has 0 radical (unpaired) electrons. The molecule has 0 aliphatic carbocycles. The summed E-state index contributed by atoms with van der Waals surface area (Å²) >= 11 is 0. The van der Waals surface area contributed by atoms with Crippen LogP contribution in [-0.2, 0) is 20.0 Å². The van der Waals surface area contributed by atoms with E-state index in [4.69, 9.17) is 0 Å². The highest BCUT2D eigenvalue weighted by molar-refractivity contribution is 7.93. The van der Waals surface area contributed by atoms with Crippen LogP contribution in [0.25, 0.3) is 0 Å². The SMILES string of the molecule is Cc1ccc(NS(=O)(=O)c2ccc(NS(=O)(=O)c3ccccc3[N+](=O)[O-])cc2)c(C)c1. The minimum Gasteiger partial charge on any atom is -0.279 e. The third-order valence-electron chi connectivity index (χ3n) is 4.39. The summed E-state index contributed by atoms with van der Waals surface area (Å²) < 4.78 is 55.2. The molecule has 0 unspecified atom stereocenters. The first kappa shape index (κ1) is 22.2. The number of hydrogen-bond donors (Lipinski definition) is 2. The maximum absolute atomic E-state index is 12.7. The van der Waals surface area contributed by atoms with Crippen molar-refractivity contribution in [2.75, 3.05) is 9.44 Å². The monoisotopic (exact) mass is 461 g/mol. The first-order valence-electron chi connectivity index (χ1n) is 8.96. The van der Waals surface area contributed by atoms with Crippen molar-refractivity contribution in [3.8, 4) is 0 Å². The number of nitrogens with zero attached hydrogens (tertiary/aromatic N) is 1. The molecule has 3 aromatic carbocycles. The summed E-state index contributed by atoms with van der Waals surface area (Å²) in [5.41, 5.74) is 1.69. The van der Waals surface area contributed by atoms with Crippen LogP contribution in [0.3, 0.4) is 0 Å². The number of nitro groups is 1. The Kier molecular flexibility index (Phi) is 6.00. The van der Waals surface area contributed by atoms with Crippen LogP contribution >= 0.6 is 0 Å². The van der Waals surface area contributed by atoms with Gasteiger partial charge in [-0.25, -0.2) is 16.8 Å². The van der Waals surface area contributed by atoms with Gasteiger partial charge in [0, 0.05) is 11.8 Å². The number of rotatable bonds is 7. The number of para-hydroxylation sites is 1. The zero-order valence-corrected chi connectivity index (χ0v) is 18.2. The summed E-state index contributed by atoms with van der Waals surface area (Å²) in [4.78, 5) is 9.76. The fourth-order valence-corrected chi connectivity index (χ4v) is 5.24. The summed E-state index contributed by atoms with van der Waals surface area (Å²) in [6.45, 7) is 3.68. The summed E-state index contributed by atoms with van der Waals surface area (Å²) in [6.07, 6.45) is 0. The average molecular weight is 462 g/mol. The molecule has 31 heavy (non-hydrogen) atoms. The fraction of sp³-hybridized carbons (Fsp3) is 0.100. The molecular formula is C20H19N3O6S2. The van der Waals surface area contributed by atoms with Crippen molar-refractivity contribution in [2.24, 2.45) is 0 Å². The summed E-state index contributed by atoms with van der Waals surface area (Å²) in [7, 11) is -8.15. The van der Waals surface area contributed by atoms with Crippen LogP contribution in [-0.4, -0.2) is 21.8 Å². The second-order valence-electron chi connectivity index (χ2n) is 6.78. The molecule has 2 N–H and O–H groups in total. The molecule has 11 heteroatoms. The van der Waals surface area contributed by atoms with Gasteiger partial charge in [0.2, 0.25) is 0 Å². The molecule has 0 aliphatic heterocycles. The van der Waals surface area contributed by atoms with Gasteiger partial charge in [-0.3, -0.25) is 19.6 Å². The third-order valence-corrected chi connectivity index (χ3v) is 7.20. The highest BCUT2D eigenvalue weighted by Gasteiger charge is 2.25. The molecule has 162 valence electrons. The second-order valence-corrected chi connectivity index (χ2v) is 10.1. The number of hydrogen-bond acceptors (Lipinski definition) is 6. The molecular weight excluding hydrogens is 442 g/mol. The lowest BCUT2D eigenvalue weighted by Crippen LogP contribution is -2.16. The van der Waals surface area contributed by atoms with E-state index < -0.39 is 35.6 Å². The Bertz CT molecular complexity index is 1350. The zero-order valence-electron chi connectivity index (χ0n) is 16.6. The Morgan fingerprint density at radius 1 is 0.806 bits per heavy atom. The van der Waals surface area contributed by atoms with Crippen molar-refractivity contribution in [1.29, 1.82) is 0 Å². The number of sulfonamides is 2. The van der Waals surface area contributed by atoms with E-state index in [1.807, 2.05) is 13.0 Å². The van der Waals surface area contributed by atoms with Crippen LogP contribution in [0.4, 0.5) is 17.1 Å². The molecule has 3 aromatic rings. The van der Waals surface area contributed by atoms with Crippen molar-refractivity contribution in [2.45, 2.75) is 23.6 Å². The van der Waals surface area contributed by atoms with Crippen LogP contribution < -0.4 is 9.44 Å². The van der Waals surface area contributed by atoms with Gasteiger partial charge in [-0.1, -0.05) is 29.8 Å². The molecule has 3 rings (SSSR count). The molecule has 0 saturated carbocycles. The van der Waals surface area contributed by atoms with Gasteiger partial charge in [-0.05, 0) is 55.8 Å². The predicted molar refractivity (Wildman–Crippen MR) is 117 cm³/mol. The van der Waals surface area contributed by atoms with Crippen LogP contribution in [0.2, 0.25) is 0 Å². The van der Waals surface area contributed by atoms with Crippen LogP contribution in [0.5, 0.6) is 0 Å². The second kappa shape index (κ2) is 8.36. The molecule has 0 fully saturated rings. The first-order valence-corrected chi connectivity index (χ1v) is 11.9. The predicted octanol–water partition coefficient (Wildman–Crippen LogP) is 3.81. The highest BCUT2D eigenvalue weighted by Crippen LogP contribution is 2.26. The summed E-state index contributed by atoms with van der Waals surface area (Å²) in [5, 5.41) is 11.1. The number of aryl methyl sites for hydroxylation is 2. The van der Waals surface area contributed by atoms with Gasteiger partial charge in [0.05, 0.1) is 15.5 Å². The molecule has 0 atom stereocenters. The summed E-state index contributed by atoms with van der Waals surface area (Å²) in [5.74, 6) is 0. The Morgan fingerprint density at radius 2 is 1.45 bits per heavy atom. The van der Waals surface area contributed by atoms with Crippen LogP contribution in [0.15, 0.2) is 76.5 Å². The maximum Gasteiger partial charge on any atom is 0.289 e. The van der Waals surface area contributed by atoms with Crippen LogP contribution in [0, 0.1) is 24.0 Å². The third kappa shape index (κ3) is 5.01. The molecule has 0 saturated heterocycles. The van der Waals surface area contributed by atoms with E-state index in [1.165, 1.54) is 36.4 Å². The topological polar surface area (TPSA) is 135 Å². The number of benzene rings is 3. The average Bonchev–Trinajstić information content (AvgIpc) is 2.70. The van der Waals surface area contributed by atoms with Gasteiger partial charge in [-0.2, -0.15) is 0 Å². The molecule has 0 aromatic heterocycles. The van der Waals surface area contributed by atoms with E-state index in [0.29, 0.717) is 5.69 Å². The standard InChI is InChI=1S/C20H19N3O6S2/c1-14-7-12-18(15(2)13-14)22-30(26,27)17-10-8-16(9-11-17)21-31(28,29)20-6-4-3-5-19(20)23(24)25/h3-13,21-22H,1-2H3. The smallest absolute Gasteiger partial charge is 0.279 e. The number of nitrogens with one attached hydrogen (secondary N) is 2. The lowest BCUT2D eigenvalue weighted by atomic mass is 10.1. The normalized spacial score (nSPS) is 11.7. The quantitative estimate of drug-likeness (QED) is 0.406. The van der Waals surface area contributed by atoms with Gasteiger partial charge < -0.3 is 0 Å². The van der Waals surface area contributed by atoms with Crippen molar-refractivity contribution in [3.05, 3.63) is 88.0 Å². The van der Waals surface area contributed by atoms with E-state index in [0.717, 1.165) is 23.3 Å². The van der Waals surface area contributed by atoms with E-state index in [1.54, 1.807) is 19.1 Å². The fourth-order valence-electron chi connectivity index (χ4n) is 2.88. The lowest BCUT2D eigenvalue weighted by molar-refractivity contribution is -0.387. The Hall–Kier alpha value is -3.44. The number of nitro benzene ring substituents is 1. The van der Waals surface area contributed by atoms with Gasteiger partial charge in [0.15, 0.2) is 4.90 Å². The van der Waals surface area contributed by atoms with Crippen molar-refractivity contribution in [1.82, 2.24) is 0 Å². The molecule has 9 nitrogen and oxygen atoms in total. The van der Waals surface area contributed by atoms with Gasteiger partial charge in [0.1, 0.15) is 0 Å². The highest BCUT2D eigenvalue weighted by atomic mass is 32.2. The largest absolute Gasteiger partial charge is 0.289 e. The molecule has 0 aliphatic rings. The summed E-state index contributed by atoms with van der Waals surface area (Å²) in [6, 6.07) is 15.2. The zero-order chi connectivity index (χ0) is 22.8. The Morgan fingerprint density at radius 3 is 2.06 bits per heavy atom. The van der Waals surface area contributed by atoms with Crippen molar-refractivity contribution < 1.29 is 21.8 Å². The molecule has 0 spiro atoms. The van der Waals surface area contributed by atoms with Crippen molar-refractivity contribution in [3.63, 3.8) is 0 Å². The van der Waals surface area contributed by atoms with E-state index in [2.05, 4.69) is 9.44 Å². The minimum absolute atomic E-state index is 0.0589. The Balaban J connectivity index is 1.84. The number of anilines is 2. The van der Waals surface area contributed by atoms with Gasteiger partial charge >= 0.3 is 0 Å². The molecule has 0 amide bonds. The van der Waals surface area contributed by atoms with Gasteiger partial charge in [-0.15, -0.1) is 0 Å². The minimum atomic E-state index is -4.25.